The lowest BCUT2D eigenvalue weighted by Crippen LogP contribution is -2.58. The zero-order valence-electron chi connectivity index (χ0n) is 18.6. The molecule has 0 saturated heterocycles. The van der Waals surface area contributed by atoms with E-state index in [1.807, 2.05) is 31.2 Å². The predicted molar refractivity (Wildman–Crippen MR) is 123 cm³/mol. The maximum absolute atomic E-state index is 13.2. The van der Waals surface area contributed by atoms with E-state index in [1.54, 1.807) is 41.0 Å². The van der Waals surface area contributed by atoms with Gasteiger partial charge in [0, 0.05) is 23.3 Å². The molecule has 8 nitrogen and oxygen atoms in total. The molecule has 170 valence electrons. The number of thioether (sulfide) groups is 1. The highest BCUT2D eigenvalue weighted by Crippen LogP contribution is 2.42. The zero-order valence-corrected chi connectivity index (χ0v) is 19.5. The Morgan fingerprint density at radius 3 is 2.79 bits per heavy atom. The van der Waals surface area contributed by atoms with E-state index >= 15 is 0 Å². The quantitative estimate of drug-likeness (QED) is 0.301. The van der Waals surface area contributed by atoms with Gasteiger partial charge in [0.05, 0.1) is 30.8 Å². The number of amides is 1. The molecule has 4 rings (SSSR count). The van der Waals surface area contributed by atoms with Crippen molar-refractivity contribution in [3.8, 4) is 28.6 Å². The number of nitrogens with zero attached hydrogens (tertiary/aromatic N) is 4. The van der Waals surface area contributed by atoms with Crippen molar-refractivity contribution >= 4 is 23.4 Å². The van der Waals surface area contributed by atoms with Gasteiger partial charge in [0.1, 0.15) is 0 Å². The smallest absolute Gasteiger partial charge is 0.293 e. The molecule has 1 atom stereocenters. The van der Waals surface area contributed by atoms with Crippen LogP contribution in [0.2, 0.25) is 0 Å². The lowest BCUT2D eigenvalue weighted by atomic mass is 10.0. The van der Waals surface area contributed by atoms with Crippen molar-refractivity contribution in [2.75, 3.05) is 24.4 Å². The van der Waals surface area contributed by atoms with Crippen LogP contribution in [0, 0.1) is 0 Å². The summed E-state index contributed by atoms with van der Waals surface area (Å²) in [6.07, 6.45) is 1.00. The first kappa shape index (κ1) is 22.6. The van der Waals surface area contributed by atoms with Crippen LogP contribution < -0.4 is 24.2 Å². The van der Waals surface area contributed by atoms with E-state index < -0.39 is 12.0 Å². The summed E-state index contributed by atoms with van der Waals surface area (Å²) in [6.45, 7) is 7.59. The van der Waals surface area contributed by atoms with Crippen LogP contribution in [0.25, 0.3) is 11.3 Å². The molecular formula is C24H24N4O4S. The molecule has 9 heteroatoms. The third-order valence-electron chi connectivity index (χ3n) is 5.17. The maximum Gasteiger partial charge on any atom is 0.293 e. The molecule has 1 aliphatic heterocycles. The highest BCUT2D eigenvalue weighted by Gasteiger charge is 2.44. The van der Waals surface area contributed by atoms with Gasteiger partial charge < -0.3 is 14.6 Å². The zero-order chi connectivity index (χ0) is 23.5. The highest BCUT2D eigenvalue weighted by atomic mass is 32.2. The first-order valence-electron chi connectivity index (χ1n) is 10.4. The van der Waals surface area contributed by atoms with Gasteiger partial charge in [0.2, 0.25) is 5.91 Å². The van der Waals surface area contributed by atoms with Gasteiger partial charge in [0.15, 0.2) is 11.5 Å². The van der Waals surface area contributed by atoms with Crippen molar-refractivity contribution in [3.63, 3.8) is 0 Å². The van der Waals surface area contributed by atoms with Gasteiger partial charge in [-0.1, -0.05) is 34.7 Å². The Labute approximate surface area is 196 Å². The molecule has 2 aromatic carbocycles. The number of ether oxygens (including phenoxy) is 2. The molecule has 0 aliphatic carbocycles. The lowest BCUT2D eigenvalue weighted by Gasteiger charge is -2.33. The molecule has 0 fully saturated rings. The van der Waals surface area contributed by atoms with Crippen molar-refractivity contribution in [2.45, 2.75) is 25.2 Å². The van der Waals surface area contributed by atoms with Crippen LogP contribution in [0.3, 0.4) is 0 Å². The van der Waals surface area contributed by atoms with Crippen LogP contribution in [-0.2, 0) is 4.79 Å². The number of anilines is 1. The molecule has 1 aliphatic rings. The van der Waals surface area contributed by atoms with Crippen LogP contribution in [0.1, 0.15) is 25.6 Å². The summed E-state index contributed by atoms with van der Waals surface area (Å²) in [5.41, 5.74) is 2.26. The Kier molecular flexibility index (Phi) is 6.50. The van der Waals surface area contributed by atoms with Crippen LogP contribution in [0.4, 0.5) is 5.69 Å². The fraction of sp³-hybridized carbons (Fsp3) is 0.250. The fourth-order valence-electron chi connectivity index (χ4n) is 3.89. The molecule has 1 aromatic heterocycles. The highest BCUT2D eigenvalue weighted by molar-refractivity contribution is 7.99. The number of carbonyl (C=O) groups is 1. The first-order valence-corrected chi connectivity index (χ1v) is 11.4. The van der Waals surface area contributed by atoms with E-state index in [2.05, 4.69) is 16.7 Å². The fourth-order valence-corrected chi connectivity index (χ4v) is 4.45. The molecular weight excluding hydrogens is 440 g/mol. The molecule has 0 radical (unpaired) electrons. The number of methoxy groups -OCH3 is 1. The number of rotatable bonds is 7. The summed E-state index contributed by atoms with van der Waals surface area (Å²) >= 11 is 1.30. The average Bonchev–Trinajstić information content (AvgIpc) is 2.81. The second kappa shape index (κ2) is 9.50. The molecule has 1 amide bonds. The summed E-state index contributed by atoms with van der Waals surface area (Å²) < 4.78 is 12.8. The van der Waals surface area contributed by atoms with Crippen molar-refractivity contribution < 1.29 is 24.1 Å². The van der Waals surface area contributed by atoms with Crippen molar-refractivity contribution in [2.24, 2.45) is 0 Å². The minimum atomic E-state index is -0.712. The summed E-state index contributed by atoms with van der Waals surface area (Å²) in [4.78, 5) is 18.7. The van der Waals surface area contributed by atoms with E-state index in [1.165, 1.54) is 18.7 Å². The van der Waals surface area contributed by atoms with Gasteiger partial charge >= 0.3 is 0 Å². The number of fused-ring (bicyclic) bond motifs is 3. The molecule has 0 N–H and O–H groups in total. The molecule has 0 bridgehead atoms. The summed E-state index contributed by atoms with van der Waals surface area (Å²) in [5.74, 6) is 1.07. The molecule has 0 saturated carbocycles. The molecule has 1 unspecified atom stereocenters. The number of aromatic nitrogens is 3. The van der Waals surface area contributed by atoms with Crippen LogP contribution in [0.5, 0.6) is 17.4 Å². The molecule has 3 aromatic rings. The monoisotopic (exact) mass is 464 g/mol. The summed E-state index contributed by atoms with van der Waals surface area (Å²) in [7, 11) is 1.56. The second-order valence-corrected chi connectivity index (χ2v) is 8.20. The van der Waals surface area contributed by atoms with E-state index in [9.17, 15) is 9.90 Å². The van der Waals surface area contributed by atoms with Crippen molar-refractivity contribution in [1.82, 2.24) is 10.1 Å². The topological polar surface area (TPSA) is 91.5 Å². The Bertz CT molecular complexity index is 1220. The van der Waals surface area contributed by atoms with Crippen LogP contribution in [-0.4, -0.2) is 35.5 Å². The Morgan fingerprint density at radius 2 is 2.09 bits per heavy atom. The Balaban J connectivity index is 1.99. The SMILES string of the molecule is C=CCSc1nc([O-])c2[n+](n1)C(c1ccc(OCC)c(OC)c1)N(C(C)=O)c1ccccc1-2. The summed E-state index contributed by atoms with van der Waals surface area (Å²) in [6, 6.07) is 12.7. The maximum atomic E-state index is 13.2. The number of para-hydroxylation sites is 1. The van der Waals surface area contributed by atoms with Gasteiger partial charge in [-0.25, -0.2) is 9.88 Å². The average molecular weight is 465 g/mol. The van der Waals surface area contributed by atoms with E-state index in [4.69, 9.17) is 9.47 Å². The normalized spacial score (nSPS) is 14.3. The standard InChI is InChI=1S/C24H24N4O4S/c1-5-13-33-24-25-22(30)21-17-9-7-8-10-18(17)27(15(3)29)23(28(21)26-24)16-11-12-19(32-6-2)20(14-16)31-4/h5,7-12,14,23H,1,6,13H2,2-4H3. The number of carbonyl (C=O) groups excluding carboxylic acids is 1. The number of benzene rings is 2. The van der Waals surface area contributed by atoms with Gasteiger partial charge in [-0.2, -0.15) is 0 Å². The van der Waals surface area contributed by atoms with E-state index in [0.29, 0.717) is 51.5 Å². The largest absolute Gasteiger partial charge is 0.854 e. The first-order chi connectivity index (χ1) is 16.0. The third kappa shape index (κ3) is 4.11. The number of hydrogen-bond acceptors (Lipinski definition) is 7. The minimum absolute atomic E-state index is 0.190. The van der Waals surface area contributed by atoms with Gasteiger partial charge in [-0.15, -0.1) is 6.58 Å². The minimum Gasteiger partial charge on any atom is -0.854 e. The Morgan fingerprint density at radius 1 is 1.30 bits per heavy atom. The van der Waals surface area contributed by atoms with E-state index in [0.717, 1.165) is 0 Å². The van der Waals surface area contributed by atoms with Gasteiger partial charge in [-0.05, 0) is 37.3 Å². The summed E-state index contributed by atoms with van der Waals surface area (Å²) in [5, 5.41) is 18.2. The molecule has 0 spiro atoms. The number of hydrogen-bond donors (Lipinski definition) is 0. The second-order valence-electron chi connectivity index (χ2n) is 7.22. The molecule has 2 heterocycles. The predicted octanol–water partition coefficient (Wildman–Crippen LogP) is 3.10. The van der Waals surface area contributed by atoms with E-state index in [-0.39, 0.29) is 5.91 Å². The third-order valence-corrected chi connectivity index (χ3v) is 6.01. The Hall–Kier alpha value is -3.59. The van der Waals surface area contributed by atoms with Crippen LogP contribution >= 0.6 is 11.8 Å². The van der Waals surface area contributed by atoms with Crippen molar-refractivity contribution in [1.29, 1.82) is 0 Å². The lowest BCUT2D eigenvalue weighted by molar-refractivity contribution is -0.764. The van der Waals surface area contributed by atoms with Crippen molar-refractivity contribution in [3.05, 3.63) is 60.7 Å². The van der Waals surface area contributed by atoms with Crippen LogP contribution in [0.15, 0.2) is 60.3 Å². The van der Waals surface area contributed by atoms with Gasteiger partial charge in [-0.3, -0.25) is 4.79 Å². The molecule has 33 heavy (non-hydrogen) atoms. The van der Waals surface area contributed by atoms with Gasteiger partial charge in [0.25, 0.3) is 17.0 Å².